The minimum absolute atomic E-state index is 0.109. The van der Waals surface area contributed by atoms with Crippen LogP contribution in [-0.2, 0) is 16.9 Å². The third-order valence-corrected chi connectivity index (χ3v) is 3.55. The topological polar surface area (TPSA) is 88.3 Å². The molecule has 22 heavy (non-hydrogen) atoms. The van der Waals surface area contributed by atoms with Crippen molar-refractivity contribution in [3.05, 3.63) is 47.4 Å². The van der Waals surface area contributed by atoms with Crippen LogP contribution in [0.1, 0.15) is 24.2 Å². The van der Waals surface area contributed by atoms with E-state index in [1.54, 1.807) is 13.0 Å². The summed E-state index contributed by atoms with van der Waals surface area (Å²) in [6.45, 7) is 2.93. The first-order valence-corrected chi connectivity index (χ1v) is 6.60. The van der Waals surface area contributed by atoms with Crippen LogP contribution >= 0.6 is 0 Å². The van der Waals surface area contributed by atoms with Gasteiger partial charge in [-0.3, -0.25) is 9.69 Å². The lowest BCUT2D eigenvalue weighted by atomic mass is 9.91. The van der Waals surface area contributed by atoms with Crippen molar-refractivity contribution in [2.45, 2.75) is 25.9 Å². The molecule has 7 nitrogen and oxygen atoms in total. The number of amides is 3. The number of imide groups is 1. The Bertz CT molecular complexity index is 760. The largest absolute Gasteiger partial charge is 0.337 e. The molecule has 0 saturated carbocycles. The predicted octanol–water partition coefficient (Wildman–Crippen LogP) is 1.48. The lowest BCUT2D eigenvalue weighted by Gasteiger charge is -2.22. The highest BCUT2D eigenvalue weighted by Crippen LogP contribution is 2.31. The first kappa shape index (κ1) is 14.2. The highest BCUT2D eigenvalue weighted by molar-refractivity contribution is 6.07. The van der Waals surface area contributed by atoms with Gasteiger partial charge in [0.2, 0.25) is 5.89 Å². The fraction of sp³-hybridized carbons (Fsp3) is 0.286. The molecule has 1 N–H and O–H groups in total. The van der Waals surface area contributed by atoms with E-state index in [1.165, 1.54) is 25.1 Å². The Morgan fingerprint density at radius 1 is 1.36 bits per heavy atom. The molecule has 2 aromatic rings. The SMILES string of the molecule is Cc1noc(CN2C(=O)N[C@](C)(c3ccccc3F)C2=O)n1. The van der Waals surface area contributed by atoms with Crippen LogP contribution in [0.5, 0.6) is 0 Å². The van der Waals surface area contributed by atoms with Crippen LogP contribution in [0.25, 0.3) is 0 Å². The first-order chi connectivity index (χ1) is 10.4. The zero-order chi connectivity index (χ0) is 15.9. The summed E-state index contributed by atoms with van der Waals surface area (Å²) >= 11 is 0. The Morgan fingerprint density at radius 2 is 2.09 bits per heavy atom. The summed E-state index contributed by atoms with van der Waals surface area (Å²) < 4.78 is 18.9. The molecule has 1 saturated heterocycles. The highest BCUT2D eigenvalue weighted by Gasteiger charge is 2.50. The third kappa shape index (κ3) is 2.12. The minimum atomic E-state index is -1.46. The van der Waals surface area contributed by atoms with Crippen molar-refractivity contribution in [1.82, 2.24) is 20.4 Å². The van der Waals surface area contributed by atoms with Gasteiger partial charge in [-0.1, -0.05) is 23.4 Å². The number of nitrogens with one attached hydrogen (secondary N) is 1. The highest BCUT2D eigenvalue weighted by atomic mass is 19.1. The van der Waals surface area contributed by atoms with Gasteiger partial charge in [0.1, 0.15) is 17.9 Å². The maximum absolute atomic E-state index is 14.0. The smallest absolute Gasteiger partial charge is 0.325 e. The number of hydrogen-bond donors (Lipinski definition) is 1. The first-order valence-electron chi connectivity index (χ1n) is 6.60. The molecule has 1 aliphatic rings. The molecule has 1 aromatic carbocycles. The van der Waals surface area contributed by atoms with E-state index in [4.69, 9.17) is 4.52 Å². The molecule has 1 fully saturated rings. The molecule has 3 amide bonds. The summed E-state index contributed by atoms with van der Waals surface area (Å²) in [5.74, 6) is -0.592. The summed E-state index contributed by atoms with van der Waals surface area (Å²) in [5, 5.41) is 6.12. The normalized spacial score (nSPS) is 21.3. The van der Waals surface area contributed by atoms with E-state index in [2.05, 4.69) is 15.5 Å². The summed E-state index contributed by atoms with van der Waals surface area (Å²) in [7, 11) is 0. The molecule has 1 aromatic heterocycles. The van der Waals surface area contributed by atoms with Crippen molar-refractivity contribution >= 4 is 11.9 Å². The second-order valence-corrected chi connectivity index (χ2v) is 5.16. The Morgan fingerprint density at radius 3 is 2.73 bits per heavy atom. The van der Waals surface area contributed by atoms with Crippen LogP contribution in [0, 0.1) is 12.7 Å². The van der Waals surface area contributed by atoms with E-state index < -0.39 is 23.3 Å². The number of aryl methyl sites for hydroxylation is 1. The standard InChI is InChI=1S/C14H13FN4O3/c1-8-16-11(22-18-8)7-19-12(20)14(2,17-13(19)21)9-5-3-4-6-10(9)15/h3-6H,7H2,1-2H3,(H,17,21)/t14-/m1/s1. The summed E-state index contributed by atoms with van der Waals surface area (Å²) in [6, 6.07) is 5.19. The minimum Gasteiger partial charge on any atom is -0.337 e. The molecule has 0 spiro atoms. The molecule has 0 unspecified atom stereocenters. The van der Waals surface area contributed by atoms with Gasteiger partial charge in [0, 0.05) is 5.56 Å². The lowest BCUT2D eigenvalue weighted by molar-refractivity contribution is -0.131. The molecule has 8 heteroatoms. The van der Waals surface area contributed by atoms with Gasteiger partial charge in [-0.25, -0.2) is 9.18 Å². The molecule has 0 aliphatic carbocycles. The van der Waals surface area contributed by atoms with Crippen molar-refractivity contribution in [3.8, 4) is 0 Å². The number of nitrogens with zero attached hydrogens (tertiary/aromatic N) is 3. The van der Waals surface area contributed by atoms with Crippen LogP contribution in [0.2, 0.25) is 0 Å². The third-order valence-electron chi connectivity index (χ3n) is 3.55. The molecule has 0 bridgehead atoms. The quantitative estimate of drug-likeness (QED) is 0.868. The van der Waals surface area contributed by atoms with Gasteiger partial charge < -0.3 is 9.84 Å². The van der Waals surface area contributed by atoms with Gasteiger partial charge in [-0.05, 0) is 19.9 Å². The van der Waals surface area contributed by atoms with Gasteiger partial charge in [-0.2, -0.15) is 4.98 Å². The number of hydrogen-bond acceptors (Lipinski definition) is 5. The molecule has 1 aliphatic heterocycles. The summed E-state index contributed by atoms with van der Waals surface area (Å²) in [6.07, 6.45) is 0. The van der Waals surface area contributed by atoms with Crippen LogP contribution in [0.3, 0.4) is 0 Å². The Hall–Kier alpha value is -2.77. The van der Waals surface area contributed by atoms with Crippen LogP contribution < -0.4 is 5.32 Å². The Kier molecular flexibility index (Phi) is 3.16. The lowest BCUT2D eigenvalue weighted by Crippen LogP contribution is -2.41. The maximum Gasteiger partial charge on any atom is 0.325 e. The zero-order valence-corrected chi connectivity index (χ0v) is 12.0. The van der Waals surface area contributed by atoms with Gasteiger partial charge in [0.25, 0.3) is 5.91 Å². The fourth-order valence-electron chi connectivity index (χ4n) is 2.43. The van der Waals surface area contributed by atoms with E-state index in [1.807, 2.05) is 0 Å². The van der Waals surface area contributed by atoms with Gasteiger partial charge in [0.05, 0.1) is 0 Å². The van der Waals surface area contributed by atoms with E-state index in [9.17, 15) is 14.0 Å². The van der Waals surface area contributed by atoms with E-state index in [0.29, 0.717) is 5.82 Å². The average molecular weight is 304 g/mol. The summed E-state index contributed by atoms with van der Waals surface area (Å²) in [5.41, 5.74) is -1.35. The van der Waals surface area contributed by atoms with E-state index >= 15 is 0 Å². The zero-order valence-electron chi connectivity index (χ0n) is 12.0. The van der Waals surface area contributed by atoms with Crippen molar-refractivity contribution in [1.29, 1.82) is 0 Å². The Labute approximate surface area is 125 Å². The number of urea groups is 1. The van der Waals surface area contributed by atoms with Gasteiger partial charge in [0.15, 0.2) is 5.82 Å². The summed E-state index contributed by atoms with van der Waals surface area (Å²) in [4.78, 5) is 29.6. The second-order valence-electron chi connectivity index (χ2n) is 5.16. The van der Waals surface area contributed by atoms with Crippen molar-refractivity contribution < 1.29 is 18.5 Å². The monoisotopic (exact) mass is 304 g/mol. The second kappa shape index (κ2) is 4.90. The van der Waals surface area contributed by atoms with Crippen LogP contribution in [-0.4, -0.2) is 27.0 Å². The molecule has 1 atom stereocenters. The molecule has 3 rings (SSSR count). The van der Waals surface area contributed by atoms with E-state index in [-0.39, 0.29) is 18.0 Å². The predicted molar refractivity (Wildman–Crippen MR) is 71.9 cm³/mol. The van der Waals surface area contributed by atoms with Gasteiger partial charge in [-0.15, -0.1) is 0 Å². The molecular weight excluding hydrogens is 291 g/mol. The molecular formula is C14H13FN4O3. The molecule has 2 heterocycles. The van der Waals surface area contributed by atoms with E-state index in [0.717, 1.165) is 4.90 Å². The number of halogens is 1. The fourth-order valence-corrected chi connectivity index (χ4v) is 2.43. The number of aromatic nitrogens is 2. The average Bonchev–Trinajstić information content (AvgIpc) is 2.97. The number of benzene rings is 1. The number of carbonyl (C=O) groups is 2. The van der Waals surface area contributed by atoms with Crippen molar-refractivity contribution in [3.63, 3.8) is 0 Å². The Balaban J connectivity index is 1.92. The van der Waals surface area contributed by atoms with Gasteiger partial charge >= 0.3 is 6.03 Å². The van der Waals surface area contributed by atoms with Crippen LogP contribution in [0.15, 0.2) is 28.8 Å². The van der Waals surface area contributed by atoms with Crippen molar-refractivity contribution in [2.75, 3.05) is 0 Å². The number of carbonyl (C=O) groups excluding carboxylic acids is 2. The number of rotatable bonds is 3. The molecule has 114 valence electrons. The van der Waals surface area contributed by atoms with Crippen molar-refractivity contribution in [2.24, 2.45) is 0 Å². The molecule has 0 radical (unpaired) electrons. The van der Waals surface area contributed by atoms with Crippen LogP contribution in [0.4, 0.5) is 9.18 Å². The maximum atomic E-state index is 14.0.